The number of rotatable bonds is 5. The summed E-state index contributed by atoms with van der Waals surface area (Å²) in [6.07, 6.45) is 3.62. The van der Waals surface area contributed by atoms with Gasteiger partial charge in [-0.2, -0.15) is 0 Å². The summed E-state index contributed by atoms with van der Waals surface area (Å²) in [5, 5.41) is 12.8. The third kappa shape index (κ3) is 2.73. The Morgan fingerprint density at radius 2 is 1.85 bits per heavy atom. The second-order valence-electron chi connectivity index (χ2n) is 6.87. The molecule has 0 fully saturated rings. The van der Waals surface area contributed by atoms with Gasteiger partial charge < -0.3 is 10.4 Å². The number of carboxylic acids is 1. The van der Waals surface area contributed by atoms with Crippen LogP contribution in [0.4, 0.5) is 0 Å². The molecule has 0 spiro atoms. The molecule has 0 bridgehead atoms. The van der Waals surface area contributed by atoms with E-state index in [0.717, 1.165) is 0 Å². The predicted molar refractivity (Wildman–Crippen MR) is 80.8 cm³/mol. The molecule has 3 nitrogen and oxygen atoms in total. The first kappa shape index (κ1) is 15.0. The van der Waals surface area contributed by atoms with Crippen molar-refractivity contribution in [2.45, 2.75) is 59.0 Å². The standard InChI is InChI=1S/C17H25NO2/c1-16(2,15(19)20)17(3,4)18-11-12-8-9-13-6-5-7-14(13)10-12/h8-10,18H,5-7,11H2,1-4H3,(H,19,20). The van der Waals surface area contributed by atoms with Crippen molar-refractivity contribution in [1.82, 2.24) is 5.32 Å². The zero-order valence-corrected chi connectivity index (χ0v) is 12.9. The molecule has 2 rings (SSSR count). The Bertz CT molecular complexity index is 518. The van der Waals surface area contributed by atoms with Crippen LogP contribution in [0, 0.1) is 5.41 Å². The van der Waals surface area contributed by atoms with Gasteiger partial charge in [0, 0.05) is 12.1 Å². The van der Waals surface area contributed by atoms with Gasteiger partial charge in [-0.05, 0) is 63.6 Å². The summed E-state index contributed by atoms with van der Waals surface area (Å²) in [5.74, 6) is -0.774. The number of hydrogen-bond donors (Lipinski definition) is 2. The Hall–Kier alpha value is -1.35. The van der Waals surface area contributed by atoms with Crippen molar-refractivity contribution in [3.8, 4) is 0 Å². The molecule has 20 heavy (non-hydrogen) atoms. The highest BCUT2D eigenvalue weighted by atomic mass is 16.4. The Balaban J connectivity index is 2.06. The quantitative estimate of drug-likeness (QED) is 0.868. The molecule has 1 aromatic rings. The first-order chi connectivity index (χ1) is 9.24. The number of carboxylic acid groups (broad SMARTS) is 1. The molecule has 0 unspecified atom stereocenters. The highest BCUT2D eigenvalue weighted by molar-refractivity contribution is 5.75. The number of carbonyl (C=O) groups is 1. The Morgan fingerprint density at radius 1 is 1.20 bits per heavy atom. The number of fused-ring (bicyclic) bond motifs is 1. The second kappa shape index (κ2) is 5.21. The lowest BCUT2D eigenvalue weighted by molar-refractivity contribution is -0.151. The topological polar surface area (TPSA) is 49.3 Å². The zero-order chi connectivity index (χ0) is 15.0. The Labute approximate surface area is 121 Å². The highest BCUT2D eigenvalue weighted by Crippen LogP contribution is 2.31. The predicted octanol–water partition coefficient (Wildman–Crippen LogP) is 3.15. The fraction of sp³-hybridized carbons (Fsp3) is 0.588. The summed E-state index contributed by atoms with van der Waals surface area (Å²) in [7, 11) is 0. The molecule has 1 aliphatic carbocycles. The molecule has 3 heteroatoms. The molecule has 0 saturated carbocycles. The van der Waals surface area contributed by atoms with Gasteiger partial charge in [0.25, 0.3) is 0 Å². The molecule has 0 amide bonds. The Kier molecular flexibility index (Phi) is 3.92. The van der Waals surface area contributed by atoms with Gasteiger partial charge in [-0.3, -0.25) is 4.79 Å². The molecule has 0 atom stereocenters. The largest absolute Gasteiger partial charge is 0.481 e. The molecular formula is C17H25NO2. The zero-order valence-electron chi connectivity index (χ0n) is 12.9. The number of benzene rings is 1. The molecular weight excluding hydrogens is 250 g/mol. The number of hydrogen-bond acceptors (Lipinski definition) is 2. The van der Waals surface area contributed by atoms with Crippen LogP contribution in [0.25, 0.3) is 0 Å². The Morgan fingerprint density at radius 3 is 2.50 bits per heavy atom. The summed E-state index contributed by atoms with van der Waals surface area (Å²) in [6, 6.07) is 6.63. The van der Waals surface area contributed by atoms with Gasteiger partial charge in [0.15, 0.2) is 0 Å². The second-order valence-corrected chi connectivity index (χ2v) is 6.87. The van der Waals surface area contributed by atoms with E-state index in [1.165, 1.54) is 36.0 Å². The maximum Gasteiger partial charge on any atom is 0.310 e. The van der Waals surface area contributed by atoms with Crippen LogP contribution < -0.4 is 5.32 Å². The van der Waals surface area contributed by atoms with Crippen molar-refractivity contribution in [3.63, 3.8) is 0 Å². The van der Waals surface area contributed by atoms with Crippen molar-refractivity contribution in [2.75, 3.05) is 0 Å². The average Bonchev–Trinajstić information content (AvgIpc) is 2.83. The van der Waals surface area contributed by atoms with Crippen molar-refractivity contribution in [1.29, 1.82) is 0 Å². The van der Waals surface area contributed by atoms with Crippen LogP contribution in [-0.4, -0.2) is 16.6 Å². The third-order valence-electron chi connectivity index (χ3n) is 4.99. The summed E-state index contributed by atoms with van der Waals surface area (Å²) in [5.41, 5.74) is 2.88. The minimum atomic E-state index is -0.816. The van der Waals surface area contributed by atoms with E-state index in [0.29, 0.717) is 6.54 Å². The summed E-state index contributed by atoms with van der Waals surface area (Å²) in [6.45, 7) is 8.15. The van der Waals surface area contributed by atoms with E-state index >= 15 is 0 Å². The lowest BCUT2D eigenvalue weighted by atomic mass is 9.74. The van der Waals surface area contributed by atoms with E-state index in [-0.39, 0.29) is 0 Å². The summed E-state index contributed by atoms with van der Waals surface area (Å²) >= 11 is 0. The SMILES string of the molecule is CC(C)(NCc1ccc2c(c1)CCC2)C(C)(C)C(=O)O. The average molecular weight is 275 g/mol. The van der Waals surface area contributed by atoms with E-state index in [2.05, 4.69) is 23.5 Å². The maximum atomic E-state index is 11.4. The number of aryl methyl sites for hydroxylation is 2. The van der Waals surface area contributed by atoms with Crippen LogP contribution in [0.15, 0.2) is 18.2 Å². The number of aliphatic carboxylic acids is 1. The van der Waals surface area contributed by atoms with Crippen LogP contribution in [0.2, 0.25) is 0 Å². The minimum Gasteiger partial charge on any atom is -0.481 e. The van der Waals surface area contributed by atoms with Crippen LogP contribution in [-0.2, 0) is 24.2 Å². The van der Waals surface area contributed by atoms with Crippen molar-refractivity contribution in [2.24, 2.45) is 5.41 Å². The molecule has 0 aromatic heterocycles. The molecule has 2 N–H and O–H groups in total. The van der Waals surface area contributed by atoms with Gasteiger partial charge in [-0.25, -0.2) is 0 Å². The number of nitrogens with one attached hydrogen (secondary N) is 1. The summed E-state index contributed by atoms with van der Waals surface area (Å²) in [4.78, 5) is 11.4. The van der Waals surface area contributed by atoms with Crippen LogP contribution >= 0.6 is 0 Å². The fourth-order valence-electron chi connectivity index (χ4n) is 2.55. The van der Waals surface area contributed by atoms with E-state index in [1.807, 2.05) is 13.8 Å². The molecule has 0 radical (unpaired) electrons. The lowest BCUT2D eigenvalue weighted by Crippen LogP contribution is -2.54. The van der Waals surface area contributed by atoms with Crippen LogP contribution in [0.5, 0.6) is 0 Å². The monoisotopic (exact) mass is 275 g/mol. The van der Waals surface area contributed by atoms with Gasteiger partial charge in [0.1, 0.15) is 0 Å². The molecule has 0 heterocycles. The molecule has 1 aliphatic rings. The molecule has 0 saturated heterocycles. The molecule has 110 valence electrons. The van der Waals surface area contributed by atoms with Crippen LogP contribution in [0.3, 0.4) is 0 Å². The molecule has 0 aliphatic heterocycles. The lowest BCUT2D eigenvalue weighted by Gasteiger charge is -2.39. The maximum absolute atomic E-state index is 11.4. The van der Waals surface area contributed by atoms with Crippen molar-refractivity contribution < 1.29 is 9.90 Å². The highest BCUT2D eigenvalue weighted by Gasteiger charge is 2.42. The molecule has 1 aromatic carbocycles. The summed E-state index contributed by atoms with van der Waals surface area (Å²) < 4.78 is 0. The van der Waals surface area contributed by atoms with E-state index in [9.17, 15) is 9.90 Å². The smallest absolute Gasteiger partial charge is 0.310 e. The van der Waals surface area contributed by atoms with E-state index in [4.69, 9.17) is 0 Å². The van der Waals surface area contributed by atoms with Crippen LogP contribution in [0.1, 0.15) is 50.8 Å². The minimum absolute atomic E-state index is 0.474. The first-order valence-corrected chi connectivity index (χ1v) is 7.33. The van der Waals surface area contributed by atoms with Gasteiger partial charge in [0.05, 0.1) is 5.41 Å². The van der Waals surface area contributed by atoms with Gasteiger partial charge in [-0.15, -0.1) is 0 Å². The van der Waals surface area contributed by atoms with E-state index in [1.54, 1.807) is 13.8 Å². The van der Waals surface area contributed by atoms with E-state index < -0.39 is 16.9 Å². The van der Waals surface area contributed by atoms with Crippen molar-refractivity contribution >= 4 is 5.97 Å². The fourth-order valence-corrected chi connectivity index (χ4v) is 2.55. The van der Waals surface area contributed by atoms with Gasteiger partial charge >= 0.3 is 5.97 Å². The normalized spacial score (nSPS) is 15.2. The van der Waals surface area contributed by atoms with Gasteiger partial charge in [-0.1, -0.05) is 18.2 Å². The van der Waals surface area contributed by atoms with Gasteiger partial charge in [0.2, 0.25) is 0 Å². The first-order valence-electron chi connectivity index (χ1n) is 7.33. The third-order valence-corrected chi connectivity index (χ3v) is 4.99. The van der Waals surface area contributed by atoms with Crippen molar-refractivity contribution in [3.05, 3.63) is 34.9 Å².